The van der Waals surface area contributed by atoms with Crippen molar-refractivity contribution in [2.24, 2.45) is 10.3 Å². The Morgan fingerprint density at radius 1 is 0.920 bits per heavy atom. The standard InChI is InChI=1S/C18H15ClN4O2/c1-10-7-11(2)9-14(8-10)22-17(24)15-16(18(22)25)23(21-20-15)13-5-3-12(19)4-6-13/h3-9,15-16H,1-2H3/t15-,16-/m0/s1. The maximum Gasteiger partial charge on any atom is 0.263 e. The van der Waals surface area contributed by atoms with Crippen LogP contribution in [-0.2, 0) is 9.59 Å². The summed E-state index contributed by atoms with van der Waals surface area (Å²) in [6, 6.07) is 11.0. The zero-order chi connectivity index (χ0) is 17.7. The van der Waals surface area contributed by atoms with Crippen LogP contribution in [0.15, 0.2) is 52.8 Å². The van der Waals surface area contributed by atoms with Gasteiger partial charge in [0.2, 0.25) is 0 Å². The Hall–Kier alpha value is -2.73. The molecule has 25 heavy (non-hydrogen) atoms. The molecule has 126 valence electrons. The summed E-state index contributed by atoms with van der Waals surface area (Å²) in [4.78, 5) is 27.0. The lowest BCUT2D eigenvalue weighted by Gasteiger charge is -2.21. The van der Waals surface area contributed by atoms with Gasteiger partial charge in [0.05, 0.1) is 11.4 Å². The molecule has 0 bridgehead atoms. The van der Waals surface area contributed by atoms with Gasteiger partial charge in [-0.3, -0.25) is 9.59 Å². The summed E-state index contributed by atoms with van der Waals surface area (Å²) in [5.41, 5.74) is 3.23. The lowest BCUT2D eigenvalue weighted by molar-refractivity contribution is -0.121. The van der Waals surface area contributed by atoms with E-state index in [1.54, 1.807) is 24.3 Å². The smallest absolute Gasteiger partial charge is 0.263 e. The van der Waals surface area contributed by atoms with Crippen LogP contribution in [0.3, 0.4) is 0 Å². The molecular formula is C18H15ClN4O2. The second-order valence-corrected chi connectivity index (χ2v) is 6.71. The summed E-state index contributed by atoms with van der Waals surface area (Å²) in [5.74, 6) is -0.667. The average molecular weight is 355 g/mol. The quantitative estimate of drug-likeness (QED) is 0.776. The van der Waals surface area contributed by atoms with E-state index in [1.165, 1.54) is 9.91 Å². The van der Waals surface area contributed by atoms with E-state index in [-0.39, 0.29) is 11.8 Å². The SMILES string of the molecule is Cc1cc(C)cc(N2C(=O)[C@H]3N=NN(c4ccc(Cl)cc4)[C@@H]3C2=O)c1. The number of halogens is 1. The topological polar surface area (TPSA) is 65.3 Å². The minimum atomic E-state index is -0.816. The van der Waals surface area contributed by atoms with E-state index in [1.807, 2.05) is 32.0 Å². The van der Waals surface area contributed by atoms with Gasteiger partial charge in [-0.05, 0) is 61.4 Å². The normalized spacial score (nSPS) is 22.0. The summed E-state index contributed by atoms with van der Waals surface area (Å²) in [6.07, 6.45) is 0. The fourth-order valence-corrected chi connectivity index (χ4v) is 3.43. The van der Waals surface area contributed by atoms with Gasteiger partial charge in [0.25, 0.3) is 11.8 Å². The number of nitrogens with zero attached hydrogens (tertiary/aromatic N) is 4. The number of hydrogen-bond donors (Lipinski definition) is 0. The van der Waals surface area contributed by atoms with Gasteiger partial charge in [-0.25, -0.2) is 9.91 Å². The molecule has 0 aromatic heterocycles. The van der Waals surface area contributed by atoms with E-state index in [4.69, 9.17) is 11.6 Å². The van der Waals surface area contributed by atoms with Crippen LogP contribution in [0.5, 0.6) is 0 Å². The fraction of sp³-hybridized carbons (Fsp3) is 0.222. The Labute approximate surface area is 149 Å². The molecule has 0 aliphatic carbocycles. The van der Waals surface area contributed by atoms with Crippen molar-refractivity contribution in [1.82, 2.24) is 0 Å². The first-order valence-corrected chi connectivity index (χ1v) is 8.25. The number of rotatable bonds is 2. The highest BCUT2D eigenvalue weighted by Crippen LogP contribution is 2.35. The van der Waals surface area contributed by atoms with Gasteiger partial charge in [0.1, 0.15) is 0 Å². The Balaban J connectivity index is 1.71. The Bertz CT molecular complexity index is 890. The average Bonchev–Trinajstić information content (AvgIpc) is 3.08. The lowest BCUT2D eigenvalue weighted by atomic mass is 10.1. The molecule has 0 unspecified atom stereocenters. The summed E-state index contributed by atoms with van der Waals surface area (Å²) >= 11 is 5.91. The second-order valence-electron chi connectivity index (χ2n) is 6.27. The summed E-state index contributed by atoms with van der Waals surface area (Å²) in [6.45, 7) is 3.87. The molecule has 2 heterocycles. The molecular weight excluding hydrogens is 340 g/mol. The van der Waals surface area contributed by atoms with Gasteiger partial charge in [-0.2, -0.15) is 5.11 Å². The van der Waals surface area contributed by atoms with Gasteiger partial charge >= 0.3 is 0 Å². The number of imide groups is 1. The number of anilines is 2. The third kappa shape index (κ3) is 2.49. The van der Waals surface area contributed by atoms with Crippen molar-refractivity contribution in [3.8, 4) is 0 Å². The summed E-state index contributed by atoms with van der Waals surface area (Å²) in [5, 5.41) is 10.1. The van der Waals surface area contributed by atoms with Gasteiger partial charge in [-0.15, -0.1) is 0 Å². The zero-order valence-electron chi connectivity index (χ0n) is 13.7. The van der Waals surface area contributed by atoms with Crippen molar-refractivity contribution >= 4 is 34.8 Å². The molecule has 1 fully saturated rings. The second kappa shape index (κ2) is 5.67. The van der Waals surface area contributed by atoms with Crippen LogP contribution in [-0.4, -0.2) is 23.9 Å². The molecule has 4 rings (SSSR count). The van der Waals surface area contributed by atoms with Crippen LogP contribution in [0, 0.1) is 13.8 Å². The van der Waals surface area contributed by atoms with Crippen LogP contribution in [0.2, 0.25) is 5.02 Å². The van der Waals surface area contributed by atoms with Crippen molar-refractivity contribution in [3.63, 3.8) is 0 Å². The highest BCUT2D eigenvalue weighted by molar-refractivity contribution is 6.30. The molecule has 0 spiro atoms. The Morgan fingerprint density at radius 2 is 1.56 bits per heavy atom. The summed E-state index contributed by atoms with van der Waals surface area (Å²) < 4.78 is 0. The van der Waals surface area contributed by atoms with Crippen molar-refractivity contribution in [2.75, 3.05) is 9.91 Å². The highest BCUT2D eigenvalue weighted by atomic mass is 35.5. The monoisotopic (exact) mass is 354 g/mol. The molecule has 2 aliphatic heterocycles. The largest absolute Gasteiger partial charge is 0.271 e. The molecule has 2 aromatic carbocycles. The molecule has 6 nitrogen and oxygen atoms in total. The zero-order valence-corrected chi connectivity index (χ0v) is 14.4. The minimum absolute atomic E-state index is 0.319. The molecule has 0 radical (unpaired) electrons. The maximum atomic E-state index is 13.0. The van der Waals surface area contributed by atoms with E-state index >= 15 is 0 Å². The molecule has 2 aliphatic rings. The summed E-state index contributed by atoms with van der Waals surface area (Å²) in [7, 11) is 0. The predicted octanol–water partition coefficient (Wildman–Crippen LogP) is 3.45. The van der Waals surface area contributed by atoms with Gasteiger partial charge in [0, 0.05) is 5.02 Å². The number of carbonyl (C=O) groups excluding carboxylic acids is 2. The maximum absolute atomic E-state index is 13.0. The number of carbonyl (C=O) groups is 2. The lowest BCUT2D eigenvalue weighted by Crippen LogP contribution is -2.39. The Morgan fingerprint density at radius 3 is 2.20 bits per heavy atom. The molecule has 0 N–H and O–H groups in total. The molecule has 0 saturated carbocycles. The van der Waals surface area contributed by atoms with Gasteiger partial charge in [0.15, 0.2) is 12.1 Å². The number of aryl methyl sites for hydroxylation is 2. The molecule has 2 aromatic rings. The first-order valence-electron chi connectivity index (χ1n) is 7.87. The number of amides is 2. The van der Waals surface area contributed by atoms with Crippen molar-refractivity contribution in [1.29, 1.82) is 0 Å². The van der Waals surface area contributed by atoms with E-state index < -0.39 is 12.1 Å². The van der Waals surface area contributed by atoms with Crippen LogP contribution in [0.4, 0.5) is 11.4 Å². The van der Waals surface area contributed by atoms with Crippen LogP contribution in [0.1, 0.15) is 11.1 Å². The predicted molar refractivity (Wildman–Crippen MR) is 94.8 cm³/mol. The molecule has 1 saturated heterocycles. The minimum Gasteiger partial charge on any atom is -0.271 e. The third-order valence-electron chi connectivity index (χ3n) is 4.34. The van der Waals surface area contributed by atoms with Gasteiger partial charge in [-0.1, -0.05) is 22.9 Å². The van der Waals surface area contributed by atoms with E-state index in [2.05, 4.69) is 10.3 Å². The Kier molecular flexibility index (Phi) is 3.58. The third-order valence-corrected chi connectivity index (χ3v) is 4.59. The van der Waals surface area contributed by atoms with E-state index in [0.717, 1.165) is 11.1 Å². The van der Waals surface area contributed by atoms with Crippen molar-refractivity contribution in [3.05, 3.63) is 58.6 Å². The first-order chi connectivity index (χ1) is 12.0. The van der Waals surface area contributed by atoms with Crippen LogP contribution >= 0.6 is 11.6 Å². The molecule has 2 amide bonds. The van der Waals surface area contributed by atoms with Crippen LogP contribution in [0.25, 0.3) is 0 Å². The molecule has 2 atom stereocenters. The van der Waals surface area contributed by atoms with Crippen molar-refractivity contribution < 1.29 is 9.59 Å². The van der Waals surface area contributed by atoms with Crippen LogP contribution < -0.4 is 9.91 Å². The first kappa shape index (κ1) is 15.8. The number of benzene rings is 2. The number of fused-ring (bicyclic) bond motifs is 1. The fourth-order valence-electron chi connectivity index (χ4n) is 3.30. The molecule has 7 heteroatoms. The number of hydrogen-bond acceptors (Lipinski definition) is 5. The highest BCUT2D eigenvalue weighted by Gasteiger charge is 2.55. The van der Waals surface area contributed by atoms with E-state index in [9.17, 15) is 9.59 Å². The van der Waals surface area contributed by atoms with Crippen molar-refractivity contribution in [2.45, 2.75) is 25.9 Å². The van der Waals surface area contributed by atoms with E-state index in [0.29, 0.717) is 16.4 Å². The van der Waals surface area contributed by atoms with Gasteiger partial charge < -0.3 is 0 Å².